The van der Waals surface area contributed by atoms with Crippen molar-refractivity contribution >= 4 is 16.8 Å². The first-order chi connectivity index (χ1) is 12.2. The Kier molecular flexibility index (Phi) is 5.39. The summed E-state index contributed by atoms with van der Waals surface area (Å²) in [6.07, 6.45) is 5.63. The topological polar surface area (TPSA) is 54.9 Å². The lowest BCUT2D eigenvalue weighted by Gasteiger charge is -2.15. The van der Waals surface area contributed by atoms with Crippen LogP contribution in [0.2, 0.25) is 0 Å². The number of pyridine rings is 2. The van der Waals surface area contributed by atoms with Crippen LogP contribution < -0.4 is 5.32 Å². The number of amides is 1. The summed E-state index contributed by atoms with van der Waals surface area (Å²) in [5.74, 6) is 0.463. The van der Waals surface area contributed by atoms with Crippen molar-refractivity contribution in [3.63, 3.8) is 0 Å². The van der Waals surface area contributed by atoms with Gasteiger partial charge in [-0.25, -0.2) is 4.98 Å². The van der Waals surface area contributed by atoms with Crippen LogP contribution in [0.1, 0.15) is 37.0 Å². The minimum atomic E-state index is -0.0457. The summed E-state index contributed by atoms with van der Waals surface area (Å²) in [5.41, 5.74) is 3.15. The van der Waals surface area contributed by atoms with Gasteiger partial charge in [-0.3, -0.25) is 9.78 Å². The van der Waals surface area contributed by atoms with Gasteiger partial charge in [0.25, 0.3) is 5.91 Å². The van der Waals surface area contributed by atoms with Crippen molar-refractivity contribution in [2.45, 2.75) is 26.7 Å². The van der Waals surface area contributed by atoms with Gasteiger partial charge in [0.1, 0.15) is 0 Å². The van der Waals surface area contributed by atoms with Crippen LogP contribution in [-0.2, 0) is 0 Å². The molecule has 0 unspecified atom stereocenters. The van der Waals surface area contributed by atoms with Crippen LogP contribution in [0, 0.1) is 5.92 Å². The van der Waals surface area contributed by atoms with E-state index in [0.29, 0.717) is 18.0 Å². The van der Waals surface area contributed by atoms with Crippen molar-refractivity contribution in [2.75, 3.05) is 6.54 Å². The molecular formula is C21H23N3O. The molecule has 128 valence electrons. The van der Waals surface area contributed by atoms with E-state index in [9.17, 15) is 4.79 Å². The van der Waals surface area contributed by atoms with Gasteiger partial charge in [0.2, 0.25) is 0 Å². The number of para-hydroxylation sites is 1. The zero-order valence-corrected chi connectivity index (χ0v) is 14.7. The predicted octanol–water partition coefficient (Wildman–Crippen LogP) is 4.46. The second kappa shape index (κ2) is 7.88. The normalized spacial score (nSPS) is 11.0. The minimum Gasteiger partial charge on any atom is -0.352 e. The second-order valence-electron chi connectivity index (χ2n) is 6.21. The van der Waals surface area contributed by atoms with Crippen LogP contribution in [0.3, 0.4) is 0 Å². The number of carbonyl (C=O) groups excluding carboxylic acids is 1. The van der Waals surface area contributed by atoms with Gasteiger partial charge in [0.15, 0.2) is 0 Å². The van der Waals surface area contributed by atoms with E-state index in [4.69, 9.17) is 4.98 Å². The Bertz CT molecular complexity index is 857. The maximum absolute atomic E-state index is 12.8. The van der Waals surface area contributed by atoms with E-state index >= 15 is 0 Å². The molecule has 0 saturated carbocycles. The first-order valence-electron chi connectivity index (χ1n) is 8.81. The molecule has 0 radical (unpaired) electrons. The lowest BCUT2D eigenvalue weighted by molar-refractivity contribution is 0.0948. The predicted molar refractivity (Wildman–Crippen MR) is 101 cm³/mol. The Balaban J connectivity index is 1.99. The fourth-order valence-electron chi connectivity index (χ4n) is 2.94. The number of benzene rings is 1. The van der Waals surface area contributed by atoms with Crippen molar-refractivity contribution in [2.24, 2.45) is 5.92 Å². The Morgan fingerprint density at radius 3 is 2.64 bits per heavy atom. The van der Waals surface area contributed by atoms with Gasteiger partial charge in [0, 0.05) is 29.9 Å². The molecule has 4 heteroatoms. The maximum Gasteiger partial charge on any atom is 0.252 e. The monoisotopic (exact) mass is 333 g/mol. The summed E-state index contributed by atoms with van der Waals surface area (Å²) >= 11 is 0. The molecule has 2 heterocycles. The lowest BCUT2D eigenvalue weighted by Crippen LogP contribution is -2.29. The largest absolute Gasteiger partial charge is 0.352 e. The summed E-state index contributed by atoms with van der Waals surface area (Å²) in [4.78, 5) is 21.7. The molecule has 2 aromatic heterocycles. The molecule has 3 rings (SSSR count). The standard InChI is InChI=1S/C21H23N3O/c1-3-15(4-2)13-23-21(25)18-12-20(16-8-7-11-22-14-16)24-19-10-6-5-9-17(18)19/h5-12,14-15H,3-4,13H2,1-2H3,(H,23,25). The van der Waals surface area contributed by atoms with Crippen molar-refractivity contribution < 1.29 is 4.79 Å². The van der Waals surface area contributed by atoms with E-state index < -0.39 is 0 Å². The molecule has 0 aliphatic carbocycles. The molecule has 0 fully saturated rings. The van der Waals surface area contributed by atoms with Crippen LogP contribution in [-0.4, -0.2) is 22.4 Å². The third kappa shape index (κ3) is 3.85. The highest BCUT2D eigenvalue weighted by Gasteiger charge is 2.15. The van der Waals surface area contributed by atoms with Gasteiger partial charge < -0.3 is 5.32 Å². The van der Waals surface area contributed by atoms with Gasteiger partial charge in [-0.2, -0.15) is 0 Å². The van der Waals surface area contributed by atoms with Crippen LogP contribution in [0.4, 0.5) is 0 Å². The Morgan fingerprint density at radius 1 is 1.12 bits per heavy atom. The molecule has 1 aromatic carbocycles. The van der Waals surface area contributed by atoms with Gasteiger partial charge in [-0.15, -0.1) is 0 Å². The molecule has 0 aliphatic heterocycles. The Labute approximate surface area is 148 Å². The van der Waals surface area contributed by atoms with Crippen LogP contribution in [0.25, 0.3) is 22.2 Å². The average Bonchev–Trinajstić information content (AvgIpc) is 2.68. The van der Waals surface area contributed by atoms with E-state index in [1.54, 1.807) is 12.4 Å². The molecule has 1 amide bonds. The molecule has 1 N–H and O–H groups in total. The second-order valence-corrected chi connectivity index (χ2v) is 6.21. The smallest absolute Gasteiger partial charge is 0.252 e. The number of hydrogen-bond acceptors (Lipinski definition) is 3. The number of hydrogen-bond donors (Lipinski definition) is 1. The van der Waals surface area contributed by atoms with Gasteiger partial charge in [0.05, 0.1) is 16.8 Å². The number of rotatable bonds is 6. The fraction of sp³-hybridized carbons (Fsp3) is 0.286. The van der Waals surface area contributed by atoms with Gasteiger partial charge in [-0.05, 0) is 30.2 Å². The van der Waals surface area contributed by atoms with Crippen LogP contribution in [0.5, 0.6) is 0 Å². The molecule has 4 nitrogen and oxygen atoms in total. The highest BCUT2D eigenvalue weighted by molar-refractivity contribution is 6.07. The quantitative estimate of drug-likeness (QED) is 0.724. The number of carbonyl (C=O) groups is 1. The zero-order valence-electron chi connectivity index (χ0n) is 14.7. The lowest BCUT2D eigenvalue weighted by atomic mass is 10.0. The third-order valence-corrected chi connectivity index (χ3v) is 4.62. The van der Waals surface area contributed by atoms with Crippen LogP contribution >= 0.6 is 0 Å². The average molecular weight is 333 g/mol. The van der Waals surface area contributed by atoms with Crippen molar-refractivity contribution in [3.05, 3.63) is 60.4 Å². The first-order valence-corrected chi connectivity index (χ1v) is 8.81. The molecule has 0 bridgehead atoms. The number of fused-ring (bicyclic) bond motifs is 1. The maximum atomic E-state index is 12.8. The summed E-state index contributed by atoms with van der Waals surface area (Å²) in [7, 11) is 0. The van der Waals surface area contributed by atoms with Gasteiger partial charge in [-0.1, -0.05) is 44.9 Å². The van der Waals surface area contributed by atoms with Crippen molar-refractivity contribution in [1.29, 1.82) is 0 Å². The molecule has 0 spiro atoms. The van der Waals surface area contributed by atoms with E-state index in [1.807, 2.05) is 42.5 Å². The van der Waals surface area contributed by atoms with E-state index in [1.165, 1.54) is 0 Å². The van der Waals surface area contributed by atoms with E-state index in [0.717, 1.165) is 35.0 Å². The highest BCUT2D eigenvalue weighted by atomic mass is 16.1. The summed E-state index contributed by atoms with van der Waals surface area (Å²) < 4.78 is 0. The van der Waals surface area contributed by atoms with Crippen molar-refractivity contribution in [1.82, 2.24) is 15.3 Å². The number of nitrogens with one attached hydrogen (secondary N) is 1. The number of nitrogens with zero attached hydrogens (tertiary/aromatic N) is 2. The first kappa shape index (κ1) is 17.1. The minimum absolute atomic E-state index is 0.0457. The van der Waals surface area contributed by atoms with Crippen molar-refractivity contribution in [3.8, 4) is 11.3 Å². The number of aromatic nitrogens is 2. The Hall–Kier alpha value is -2.75. The molecule has 25 heavy (non-hydrogen) atoms. The van der Waals surface area contributed by atoms with E-state index in [2.05, 4.69) is 24.1 Å². The van der Waals surface area contributed by atoms with E-state index in [-0.39, 0.29) is 5.91 Å². The summed E-state index contributed by atoms with van der Waals surface area (Å²) in [6.45, 7) is 5.01. The summed E-state index contributed by atoms with van der Waals surface area (Å²) in [6, 6.07) is 13.4. The highest BCUT2D eigenvalue weighted by Crippen LogP contribution is 2.24. The molecule has 3 aromatic rings. The third-order valence-electron chi connectivity index (χ3n) is 4.62. The Morgan fingerprint density at radius 2 is 1.92 bits per heavy atom. The SMILES string of the molecule is CCC(CC)CNC(=O)c1cc(-c2cccnc2)nc2ccccc12. The van der Waals surface area contributed by atoms with Crippen LogP contribution in [0.15, 0.2) is 54.9 Å². The zero-order chi connectivity index (χ0) is 17.6. The summed E-state index contributed by atoms with van der Waals surface area (Å²) in [5, 5.41) is 3.96. The molecule has 0 aliphatic rings. The molecular weight excluding hydrogens is 310 g/mol. The fourth-order valence-corrected chi connectivity index (χ4v) is 2.94. The molecule has 0 saturated heterocycles. The van der Waals surface area contributed by atoms with Gasteiger partial charge >= 0.3 is 0 Å². The molecule has 0 atom stereocenters.